The number of alkyl halides is 3. The van der Waals surface area contributed by atoms with Crippen molar-refractivity contribution in [3.05, 3.63) is 40.9 Å². The van der Waals surface area contributed by atoms with E-state index in [1.807, 2.05) is 6.07 Å². The zero-order chi connectivity index (χ0) is 28.0. The third-order valence-electron chi connectivity index (χ3n) is 7.21. The Balaban J connectivity index is 0.000000330. The minimum atomic E-state index is -4.63. The molecule has 0 radical (unpaired) electrons. The van der Waals surface area contributed by atoms with E-state index < -0.39 is 17.8 Å². The Morgan fingerprint density at radius 1 is 1.19 bits per heavy atom. The summed E-state index contributed by atoms with van der Waals surface area (Å²) in [6.07, 6.45) is 4.23. The number of pyridine rings is 1. The van der Waals surface area contributed by atoms with Crippen molar-refractivity contribution in [3.63, 3.8) is 0 Å². The molecule has 1 fully saturated rings. The number of allylic oxidation sites excluding steroid dienone is 1. The van der Waals surface area contributed by atoms with Crippen LogP contribution in [0.25, 0.3) is 0 Å². The van der Waals surface area contributed by atoms with Gasteiger partial charge in [-0.05, 0) is 68.6 Å². The molecule has 0 saturated heterocycles. The third kappa shape index (κ3) is 8.04. The van der Waals surface area contributed by atoms with Crippen molar-refractivity contribution >= 4 is 17.6 Å². The molecule has 2 atom stereocenters. The molecule has 1 aromatic rings. The molecule has 0 aromatic carbocycles. The smallest absolute Gasteiger partial charge is 0.351 e. The lowest BCUT2D eigenvalue weighted by Crippen LogP contribution is -2.32. The second-order valence-electron chi connectivity index (χ2n) is 10.3. The molecule has 37 heavy (non-hydrogen) atoms. The second kappa shape index (κ2) is 12.6. The number of nitrogens with two attached hydrogens (primary N) is 1. The van der Waals surface area contributed by atoms with Crippen LogP contribution in [-0.2, 0) is 17.9 Å². The lowest BCUT2D eigenvalue weighted by molar-refractivity contribution is -0.127. The molecule has 1 aliphatic heterocycles. The van der Waals surface area contributed by atoms with E-state index in [1.54, 1.807) is 24.3 Å². The number of hydrogen-bond donors (Lipinski definition) is 1. The average molecular weight is 524 g/mol. The van der Waals surface area contributed by atoms with Gasteiger partial charge in [-0.3, -0.25) is 14.8 Å². The quantitative estimate of drug-likeness (QED) is 0.343. The zero-order valence-electron chi connectivity index (χ0n) is 22.8. The highest BCUT2D eigenvalue weighted by Gasteiger charge is 2.51. The van der Waals surface area contributed by atoms with E-state index in [2.05, 4.69) is 23.8 Å². The van der Waals surface area contributed by atoms with E-state index >= 15 is 0 Å². The summed E-state index contributed by atoms with van der Waals surface area (Å²) >= 11 is 0. The van der Waals surface area contributed by atoms with Crippen LogP contribution in [0.15, 0.2) is 34.7 Å². The van der Waals surface area contributed by atoms with Crippen LogP contribution < -0.4 is 5.73 Å². The number of primary amides is 1. The summed E-state index contributed by atoms with van der Waals surface area (Å²) < 4.78 is 39.6. The Morgan fingerprint density at radius 2 is 1.84 bits per heavy atom. The van der Waals surface area contributed by atoms with Crippen molar-refractivity contribution in [2.75, 3.05) is 13.6 Å². The number of carbonyl (C=O) groups is 2. The molecule has 1 saturated carbocycles. The van der Waals surface area contributed by atoms with Gasteiger partial charge in [-0.1, -0.05) is 26.7 Å². The van der Waals surface area contributed by atoms with Gasteiger partial charge in [0.15, 0.2) is 5.70 Å². The van der Waals surface area contributed by atoms with Gasteiger partial charge in [0.2, 0.25) is 0 Å². The molecule has 2 unspecified atom stereocenters. The van der Waals surface area contributed by atoms with Crippen molar-refractivity contribution < 1.29 is 22.8 Å². The average Bonchev–Trinajstić information content (AvgIpc) is 3.34. The Hall–Kier alpha value is -2.91. The summed E-state index contributed by atoms with van der Waals surface area (Å²) in [4.78, 5) is 33.8. The molecule has 0 bridgehead atoms. The number of likely N-dealkylation sites (N-methyl/N-ethyl adjacent to an activating group) is 1. The van der Waals surface area contributed by atoms with Crippen molar-refractivity contribution in [2.45, 2.75) is 86.0 Å². The zero-order valence-corrected chi connectivity index (χ0v) is 22.8. The van der Waals surface area contributed by atoms with E-state index in [0.717, 1.165) is 36.8 Å². The first-order valence-electron chi connectivity index (χ1n) is 12.8. The monoisotopic (exact) mass is 523 g/mol. The van der Waals surface area contributed by atoms with Crippen LogP contribution in [-0.4, -0.2) is 52.2 Å². The number of carbonyl (C=O) groups excluding carboxylic acids is 2. The Morgan fingerprint density at radius 3 is 2.32 bits per heavy atom. The number of amides is 3. The van der Waals surface area contributed by atoms with Gasteiger partial charge >= 0.3 is 12.2 Å². The normalized spacial score (nSPS) is 20.8. The molecule has 206 valence electrons. The molecule has 2 heterocycles. The third-order valence-corrected chi connectivity index (χ3v) is 7.21. The van der Waals surface area contributed by atoms with Gasteiger partial charge < -0.3 is 15.5 Å². The second-order valence-corrected chi connectivity index (χ2v) is 10.3. The largest absolute Gasteiger partial charge is 0.433 e. The molecular weight excluding hydrogens is 483 g/mol. The Bertz CT molecular complexity index is 1010. The summed E-state index contributed by atoms with van der Waals surface area (Å²) in [6.45, 7) is 10.2. The summed E-state index contributed by atoms with van der Waals surface area (Å²) in [5, 5.41) is 0. The molecule has 2 N–H and O–H groups in total. The molecule has 1 aliphatic carbocycles. The van der Waals surface area contributed by atoms with Gasteiger partial charge in [-0.2, -0.15) is 13.2 Å². The van der Waals surface area contributed by atoms with E-state index in [9.17, 15) is 22.8 Å². The number of halogens is 3. The predicted molar refractivity (Wildman–Crippen MR) is 139 cm³/mol. The molecule has 7 nitrogen and oxygen atoms in total. The number of aliphatic imine (C=N–C) groups is 1. The van der Waals surface area contributed by atoms with Crippen molar-refractivity contribution in [1.82, 2.24) is 14.8 Å². The van der Waals surface area contributed by atoms with E-state index in [1.165, 1.54) is 32.1 Å². The van der Waals surface area contributed by atoms with Crippen LogP contribution in [0.1, 0.15) is 77.8 Å². The fraction of sp³-hybridized carbons (Fsp3) is 0.630. The summed E-state index contributed by atoms with van der Waals surface area (Å²) in [6, 6.07) is 1.55. The molecule has 1 aromatic heterocycles. The van der Waals surface area contributed by atoms with Gasteiger partial charge in [0.05, 0.1) is 0 Å². The minimum absolute atomic E-state index is 0.271. The highest BCUT2D eigenvalue weighted by molar-refractivity contribution is 5.94. The van der Waals surface area contributed by atoms with Crippen LogP contribution in [0.3, 0.4) is 0 Å². The summed E-state index contributed by atoms with van der Waals surface area (Å²) in [7, 11) is 1.57. The molecule has 10 heteroatoms. The first kappa shape index (κ1) is 30.3. The fourth-order valence-electron chi connectivity index (χ4n) is 5.08. The molecule has 3 amide bonds. The highest BCUT2D eigenvalue weighted by Crippen LogP contribution is 2.60. The Kier molecular flexibility index (Phi) is 10.3. The first-order chi connectivity index (χ1) is 17.3. The van der Waals surface area contributed by atoms with Crippen LogP contribution >= 0.6 is 0 Å². The topological polar surface area (TPSA) is 91.9 Å². The lowest BCUT2D eigenvalue weighted by atomic mass is 9.92. The van der Waals surface area contributed by atoms with E-state index in [-0.39, 0.29) is 22.7 Å². The van der Waals surface area contributed by atoms with Crippen LogP contribution in [0.2, 0.25) is 0 Å². The number of aromatic nitrogens is 1. The summed E-state index contributed by atoms with van der Waals surface area (Å²) in [5.41, 5.74) is 6.49. The Labute approximate surface area is 218 Å². The van der Waals surface area contributed by atoms with Crippen molar-refractivity contribution in [3.8, 4) is 0 Å². The van der Waals surface area contributed by atoms with Gasteiger partial charge in [-0.15, -0.1) is 0 Å². The fourth-order valence-corrected chi connectivity index (χ4v) is 5.08. The van der Waals surface area contributed by atoms with Gasteiger partial charge in [0.25, 0.3) is 5.91 Å². The number of nitrogens with zero attached hydrogens (tertiary/aromatic N) is 4. The molecule has 3 rings (SSSR count). The lowest BCUT2D eigenvalue weighted by Gasteiger charge is -2.23. The SMILES string of the molecule is CCCC1(CCN(C)C(=O)/C(C)=C(/N=C(C)C)C(F)(F)F)CC1CC.NC(=O)N1Cc2ccncc2C1. The number of fused-ring (bicyclic) bond motifs is 1. The van der Waals surface area contributed by atoms with Gasteiger partial charge in [0, 0.05) is 50.4 Å². The van der Waals surface area contributed by atoms with Crippen LogP contribution in [0, 0.1) is 11.3 Å². The van der Waals surface area contributed by atoms with Crippen LogP contribution in [0.4, 0.5) is 18.0 Å². The van der Waals surface area contributed by atoms with Crippen molar-refractivity contribution in [1.29, 1.82) is 0 Å². The van der Waals surface area contributed by atoms with Crippen LogP contribution in [0.5, 0.6) is 0 Å². The standard InChI is InChI=1S/C19H31F3N2O.C8H9N3O/c1-7-9-18(12-15(18)8-2)10-11-24(6)17(25)14(5)16(19(20,21)22)23-13(3)4;9-8(12)11-4-6-1-2-10-3-7(6)5-11/h15H,7-12H2,1-6H3;1-3H,4-5H2,(H2,9,12)/b16-14+;. The summed E-state index contributed by atoms with van der Waals surface area (Å²) in [5.74, 6) is 0.0864. The van der Waals surface area contributed by atoms with E-state index in [0.29, 0.717) is 25.6 Å². The number of urea groups is 1. The maximum atomic E-state index is 13.2. The number of hydrogen-bond acceptors (Lipinski definition) is 4. The first-order valence-corrected chi connectivity index (χ1v) is 12.8. The van der Waals surface area contributed by atoms with E-state index in [4.69, 9.17) is 5.73 Å². The van der Waals surface area contributed by atoms with Gasteiger partial charge in [0.1, 0.15) is 0 Å². The van der Waals surface area contributed by atoms with Gasteiger partial charge in [-0.25, -0.2) is 4.79 Å². The minimum Gasteiger partial charge on any atom is -0.351 e. The van der Waals surface area contributed by atoms with Crippen molar-refractivity contribution in [2.24, 2.45) is 22.1 Å². The highest BCUT2D eigenvalue weighted by atomic mass is 19.4. The maximum absolute atomic E-state index is 13.2. The molecular formula is C27H40F3N5O2. The number of rotatable bonds is 8. The molecule has 2 aliphatic rings. The predicted octanol–water partition coefficient (Wildman–Crippen LogP) is 5.84. The molecule has 0 spiro atoms. The maximum Gasteiger partial charge on any atom is 0.433 e.